The second-order valence-electron chi connectivity index (χ2n) is 6.86. The fourth-order valence-electron chi connectivity index (χ4n) is 3.44. The Kier molecular flexibility index (Phi) is 6.75. The van der Waals surface area contributed by atoms with Crippen LogP contribution >= 0.6 is 0 Å². The summed E-state index contributed by atoms with van der Waals surface area (Å²) in [7, 11) is 2.02. The van der Waals surface area contributed by atoms with Crippen LogP contribution in [-0.4, -0.2) is 68.4 Å². The number of piperidine rings is 2. The van der Waals surface area contributed by atoms with Crippen LogP contribution in [0.1, 0.15) is 39.5 Å². The fourth-order valence-corrected chi connectivity index (χ4v) is 3.44. The van der Waals surface area contributed by atoms with Gasteiger partial charge in [-0.1, -0.05) is 13.8 Å². The van der Waals surface area contributed by atoms with Gasteiger partial charge in [0.1, 0.15) is 0 Å². The van der Waals surface area contributed by atoms with E-state index in [1.165, 1.54) is 58.4 Å². The summed E-state index contributed by atoms with van der Waals surface area (Å²) in [5.74, 6) is 0.781. The predicted octanol–water partition coefficient (Wildman–Crippen LogP) is 1.76. The average molecular weight is 283 g/mol. The van der Waals surface area contributed by atoms with Gasteiger partial charge >= 0.3 is 0 Å². The van der Waals surface area contributed by atoms with Crippen molar-refractivity contribution in [1.29, 1.82) is 0 Å². The highest BCUT2D eigenvalue weighted by molar-refractivity contribution is 4.77. The molecular formula is C16H33N3O. The van der Waals surface area contributed by atoms with Crippen molar-refractivity contribution in [3.63, 3.8) is 0 Å². The predicted molar refractivity (Wildman–Crippen MR) is 83.9 cm³/mol. The van der Waals surface area contributed by atoms with Crippen molar-refractivity contribution in [2.24, 2.45) is 5.92 Å². The highest BCUT2D eigenvalue weighted by Crippen LogP contribution is 2.21. The molecule has 2 heterocycles. The molecule has 2 fully saturated rings. The minimum absolute atomic E-state index is 0.504. The van der Waals surface area contributed by atoms with E-state index >= 15 is 0 Å². The normalized spacial score (nSPS) is 24.6. The number of rotatable bonds is 6. The lowest BCUT2D eigenvalue weighted by Gasteiger charge is -2.37. The van der Waals surface area contributed by atoms with Crippen molar-refractivity contribution in [2.75, 3.05) is 46.4 Å². The molecule has 0 aromatic carbocycles. The first-order valence-electron chi connectivity index (χ1n) is 8.42. The van der Waals surface area contributed by atoms with Crippen LogP contribution in [0.2, 0.25) is 0 Å². The van der Waals surface area contributed by atoms with Crippen molar-refractivity contribution < 1.29 is 4.74 Å². The number of nitrogens with one attached hydrogen (secondary N) is 1. The smallest absolute Gasteiger partial charge is 0.0603 e. The van der Waals surface area contributed by atoms with E-state index in [4.69, 9.17) is 4.74 Å². The molecule has 2 rings (SSSR count). The van der Waals surface area contributed by atoms with Crippen LogP contribution in [0.5, 0.6) is 0 Å². The van der Waals surface area contributed by atoms with E-state index in [0.717, 1.165) is 12.6 Å². The molecule has 0 atom stereocenters. The molecule has 0 aromatic heterocycles. The van der Waals surface area contributed by atoms with Gasteiger partial charge < -0.3 is 15.0 Å². The highest BCUT2D eigenvalue weighted by atomic mass is 16.5. The van der Waals surface area contributed by atoms with E-state index in [1.807, 2.05) is 7.05 Å². The molecule has 0 aliphatic carbocycles. The molecular weight excluding hydrogens is 250 g/mol. The molecule has 0 unspecified atom stereocenters. The largest absolute Gasteiger partial charge is 0.375 e. The van der Waals surface area contributed by atoms with Gasteiger partial charge in [-0.15, -0.1) is 0 Å². The molecule has 0 saturated carbocycles. The number of hydrogen-bond donors (Lipinski definition) is 1. The van der Waals surface area contributed by atoms with Crippen molar-refractivity contribution in [3.8, 4) is 0 Å². The molecule has 0 spiro atoms. The zero-order chi connectivity index (χ0) is 14.4. The first-order chi connectivity index (χ1) is 9.67. The molecule has 118 valence electrons. The van der Waals surface area contributed by atoms with Gasteiger partial charge in [0, 0.05) is 39.4 Å². The van der Waals surface area contributed by atoms with Gasteiger partial charge in [0.15, 0.2) is 0 Å². The number of ether oxygens (including phenoxy) is 1. The molecule has 2 saturated heterocycles. The summed E-state index contributed by atoms with van der Waals surface area (Å²) in [6.45, 7) is 11.7. The fraction of sp³-hybridized carbons (Fsp3) is 1.00. The van der Waals surface area contributed by atoms with Crippen LogP contribution in [0, 0.1) is 5.92 Å². The van der Waals surface area contributed by atoms with Gasteiger partial charge in [-0.25, -0.2) is 0 Å². The molecule has 2 aliphatic heterocycles. The Morgan fingerprint density at radius 1 is 0.950 bits per heavy atom. The molecule has 0 amide bonds. The quantitative estimate of drug-likeness (QED) is 0.804. The van der Waals surface area contributed by atoms with Crippen LogP contribution in [0.4, 0.5) is 0 Å². The summed E-state index contributed by atoms with van der Waals surface area (Å²) in [6, 6.07) is 0. The van der Waals surface area contributed by atoms with E-state index in [9.17, 15) is 0 Å². The lowest BCUT2D eigenvalue weighted by molar-refractivity contribution is -0.0660. The summed E-state index contributed by atoms with van der Waals surface area (Å²) in [4.78, 5) is 5.07. The topological polar surface area (TPSA) is 27.7 Å². The van der Waals surface area contributed by atoms with E-state index in [2.05, 4.69) is 29.0 Å². The van der Waals surface area contributed by atoms with E-state index < -0.39 is 0 Å². The van der Waals surface area contributed by atoms with Crippen LogP contribution in [-0.2, 0) is 4.74 Å². The second-order valence-corrected chi connectivity index (χ2v) is 6.86. The van der Waals surface area contributed by atoms with Crippen LogP contribution in [0.15, 0.2) is 0 Å². The summed E-state index contributed by atoms with van der Waals surface area (Å²) < 4.78 is 6.34. The zero-order valence-electron chi connectivity index (χ0n) is 13.6. The van der Waals surface area contributed by atoms with Crippen molar-refractivity contribution >= 4 is 0 Å². The lowest BCUT2D eigenvalue weighted by Crippen LogP contribution is -2.44. The third-order valence-corrected chi connectivity index (χ3v) is 4.46. The first-order valence-corrected chi connectivity index (χ1v) is 8.42. The van der Waals surface area contributed by atoms with Gasteiger partial charge in [-0.2, -0.15) is 0 Å². The van der Waals surface area contributed by atoms with E-state index in [1.54, 1.807) is 0 Å². The van der Waals surface area contributed by atoms with Gasteiger partial charge in [-0.3, -0.25) is 4.90 Å². The minimum Gasteiger partial charge on any atom is -0.375 e. The van der Waals surface area contributed by atoms with Gasteiger partial charge in [0.2, 0.25) is 0 Å². The van der Waals surface area contributed by atoms with Gasteiger partial charge in [0.25, 0.3) is 0 Å². The Bertz CT molecular complexity index is 256. The molecule has 0 aromatic rings. The molecule has 20 heavy (non-hydrogen) atoms. The summed E-state index contributed by atoms with van der Waals surface area (Å²) in [6.07, 6.45) is 5.87. The van der Waals surface area contributed by atoms with Gasteiger partial charge in [0.05, 0.1) is 12.2 Å². The molecule has 1 N–H and O–H groups in total. The number of nitrogens with zero attached hydrogens (tertiary/aromatic N) is 2. The Morgan fingerprint density at radius 3 is 1.90 bits per heavy atom. The van der Waals surface area contributed by atoms with Crippen LogP contribution in [0.3, 0.4) is 0 Å². The SMILES string of the molecule is CNCN1CCC(OC2CCN(CC(C)C)CC2)CC1. The summed E-state index contributed by atoms with van der Waals surface area (Å²) in [5.41, 5.74) is 0. The summed E-state index contributed by atoms with van der Waals surface area (Å²) in [5, 5.41) is 3.23. The zero-order valence-corrected chi connectivity index (χ0v) is 13.6. The van der Waals surface area contributed by atoms with Gasteiger partial charge in [-0.05, 0) is 38.6 Å². The lowest BCUT2D eigenvalue weighted by atomic mass is 10.0. The Balaban J connectivity index is 1.61. The molecule has 2 aliphatic rings. The first kappa shape index (κ1) is 16.2. The molecule has 4 nitrogen and oxygen atoms in total. The van der Waals surface area contributed by atoms with Crippen molar-refractivity contribution in [2.45, 2.75) is 51.7 Å². The van der Waals surface area contributed by atoms with E-state index in [0.29, 0.717) is 12.2 Å². The Hall–Kier alpha value is -0.160. The molecule has 0 bridgehead atoms. The maximum atomic E-state index is 6.34. The maximum Gasteiger partial charge on any atom is 0.0603 e. The number of hydrogen-bond acceptors (Lipinski definition) is 4. The monoisotopic (exact) mass is 283 g/mol. The Morgan fingerprint density at radius 2 is 1.45 bits per heavy atom. The summed E-state index contributed by atoms with van der Waals surface area (Å²) >= 11 is 0. The van der Waals surface area contributed by atoms with Crippen LogP contribution in [0.25, 0.3) is 0 Å². The maximum absolute atomic E-state index is 6.34. The molecule has 0 radical (unpaired) electrons. The molecule has 4 heteroatoms. The third kappa shape index (κ3) is 5.32. The third-order valence-electron chi connectivity index (χ3n) is 4.46. The standard InChI is InChI=1S/C16H33N3O/c1-14(2)12-18-8-4-15(5-9-18)20-16-6-10-19(11-7-16)13-17-3/h14-17H,4-13H2,1-3H3. The minimum atomic E-state index is 0.504. The highest BCUT2D eigenvalue weighted by Gasteiger charge is 2.25. The number of likely N-dealkylation sites (tertiary alicyclic amines) is 2. The average Bonchev–Trinajstić information content (AvgIpc) is 2.43. The van der Waals surface area contributed by atoms with E-state index in [-0.39, 0.29) is 0 Å². The van der Waals surface area contributed by atoms with Crippen molar-refractivity contribution in [1.82, 2.24) is 15.1 Å². The second kappa shape index (κ2) is 8.32. The van der Waals surface area contributed by atoms with Crippen molar-refractivity contribution in [3.05, 3.63) is 0 Å². The Labute approximate surface area is 124 Å². The van der Waals surface area contributed by atoms with Crippen LogP contribution < -0.4 is 5.32 Å².